The number of aromatic nitrogens is 1. The smallest absolute Gasteiger partial charge is 0.464 e. The minimum Gasteiger partial charge on any atom is -0.464 e. The van der Waals surface area contributed by atoms with Gasteiger partial charge in [0.15, 0.2) is 0 Å². The molecule has 0 aliphatic carbocycles. The minimum atomic E-state index is -1.57. The fourth-order valence-electron chi connectivity index (χ4n) is 1.64. The Morgan fingerprint density at radius 3 is 2.82 bits per heavy atom. The number of ether oxygens (including phenoxy) is 1. The average Bonchev–Trinajstić information content (AvgIpc) is 2.36. The molecule has 17 heavy (non-hydrogen) atoms. The first-order valence-electron chi connectivity index (χ1n) is 4.96. The molecule has 1 aromatic carbocycles. The molecule has 86 valence electrons. The van der Waals surface area contributed by atoms with E-state index in [2.05, 4.69) is 9.72 Å². The Morgan fingerprint density at radius 1 is 1.41 bits per heavy atom. The van der Waals surface area contributed by atoms with E-state index in [9.17, 15) is 14.8 Å². The van der Waals surface area contributed by atoms with Crippen LogP contribution in [-0.2, 0) is 4.74 Å². The Labute approximate surface area is 97.8 Å². The van der Waals surface area contributed by atoms with Gasteiger partial charge < -0.3 is 14.8 Å². The first-order valence-corrected chi connectivity index (χ1v) is 4.96. The van der Waals surface area contributed by atoms with Gasteiger partial charge in [0, 0.05) is 6.20 Å². The van der Waals surface area contributed by atoms with Gasteiger partial charge in [-0.05, 0) is 22.3 Å². The molecule has 0 bridgehead atoms. The second kappa shape index (κ2) is 4.53. The van der Waals surface area contributed by atoms with Crippen LogP contribution >= 0.6 is 0 Å². The molecular formula is C11H10BNO4. The molecule has 0 atom stereocenters. The van der Waals surface area contributed by atoms with Crippen molar-refractivity contribution in [3.05, 3.63) is 36.2 Å². The van der Waals surface area contributed by atoms with Gasteiger partial charge in [0.05, 0.1) is 7.11 Å². The van der Waals surface area contributed by atoms with E-state index in [1.54, 1.807) is 24.3 Å². The van der Waals surface area contributed by atoms with Gasteiger partial charge in [-0.15, -0.1) is 0 Å². The second-order valence-electron chi connectivity index (χ2n) is 3.50. The van der Waals surface area contributed by atoms with Gasteiger partial charge in [-0.3, -0.25) is 0 Å². The molecule has 0 saturated heterocycles. The molecule has 5 nitrogen and oxygen atoms in total. The zero-order valence-electron chi connectivity index (χ0n) is 9.12. The minimum absolute atomic E-state index is 0.185. The molecule has 0 radical (unpaired) electrons. The summed E-state index contributed by atoms with van der Waals surface area (Å²) in [7, 11) is -0.285. The number of esters is 1. The van der Waals surface area contributed by atoms with Crippen LogP contribution in [0.4, 0.5) is 0 Å². The second-order valence-corrected chi connectivity index (χ2v) is 3.50. The van der Waals surface area contributed by atoms with Crippen molar-refractivity contribution < 1.29 is 19.6 Å². The molecule has 0 aliphatic heterocycles. The van der Waals surface area contributed by atoms with Gasteiger partial charge in [0.1, 0.15) is 5.69 Å². The monoisotopic (exact) mass is 231 g/mol. The van der Waals surface area contributed by atoms with Gasteiger partial charge in [-0.1, -0.05) is 18.2 Å². The molecule has 0 fully saturated rings. The standard InChI is InChI=1S/C11H10BNO4/c1-17-11(14)10-5-7-3-2-4-9(12(15)16)8(7)6-13-10/h2-6,15-16H,1H3. The van der Waals surface area contributed by atoms with Crippen LogP contribution in [0.2, 0.25) is 0 Å². The number of hydrogen-bond acceptors (Lipinski definition) is 5. The van der Waals surface area contributed by atoms with Gasteiger partial charge >= 0.3 is 13.1 Å². The summed E-state index contributed by atoms with van der Waals surface area (Å²) in [6, 6.07) is 6.58. The third-order valence-corrected chi connectivity index (χ3v) is 2.47. The Balaban J connectivity index is 2.60. The predicted molar refractivity (Wildman–Crippen MR) is 62.9 cm³/mol. The van der Waals surface area contributed by atoms with Crippen LogP contribution in [0.1, 0.15) is 10.5 Å². The number of fused-ring (bicyclic) bond motifs is 1. The van der Waals surface area contributed by atoms with Gasteiger partial charge in [-0.25, -0.2) is 9.78 Å². The van der Waals surface area contributed by atoms with Gasteiger partial charge in [0.25, 0.3) is 0 Å². The lowest BCUT2D eigenvalue weighted by molar-refractivity contribution is 0.0594. The number of rotatable bonds is 2. The van der Waals surface area contributed by atoms with Gasteiger partial charge in [-0.2, -0.15) is 0 Å². The number of methoxy groups -OCH3 is 1. The molecule has 2 aromatic rings. The fourth-order valence-corrected chi connectivity index (χ4v) is 1.64. The van der Waals surface area contributed by atoms with Crippen molar-refractivity contribution in [2.45, 2.75) is 0 Å². The van der Waals surface area contributed by atoms with Crippen LogP contribution in [-0.4, -0.2) is 35.2 Å². The Kier molecular flexibility index (Phi) is 3.08. The first-order chi connectivity index (χ1) is 8.13. The number of pyridine rings is 1. The number of benzene rings is 1. The maximum absolute atomic E-state index is 11.3. The number of hydrogen-bond donors (Lipinski definition) is 2. The molecule has 0 saturated carbocycles. The quantitative estimate of drug-likeness (QED) is 0.548. The third kappa shape index (κ3) is 2.13. The fraction of sp³-hybridized carbons (Fsp3) is 0.0909. The van der Waals surface area contributed by atoms with E-state index in [-0.39, 0.29) is 5.69 Å². The number of carbonyl (C=O) groups excluding carboxylic acids is 1. The molecule has 0 spiro atoms. The van der Waals surface area contributed by atoms with Crippen LogP contribution in [0.5, 0.6) is 0 Å². The number of nitrogens with zero attached hydrogens (tertiary/aromatic N) is 1. The highest BCUT2D eigenvalue weighted by molar-refractivity contribution is 6.61. The van der Waals surface area contributed by atoms with E-state index >= 15 is 0 Å². The first kappa shape index (κ1) is 11.6. The summed E-state index contributed by atoms with van der Waals surface area (Å²) in [5.41, 5.74) is 0.538. The molecule has 1 heterocycles. The third-order valence-electron chi connectivity index (χ3n) is 2.47. The summed E-state index contributed by atoms with van der Waals surface area (Å²) in [5, 5.41) is 19.7. The highest BCUT2D eigenvalue weighted by Gasteiger charge is 2.16. The topological polar surface area (TPSA) is 79.7 Å². The van der Waals surface area contributed by atoms with E-state index < -0.39 is 13.1 Å². The molecule has 0 aliphatic rings. The summed E-state index contributed by atoms with van der Waals surface area (Å²) < 4.78 is 4.56. The van der Waals surface area contributed by atoms with Crippen molar-refractivity contribution in [1.29, 1.82) is 0 Å². The summed E-state index contributed by atoms with van der Waals surface area (Å²) in [4.78, 5) is 15.2. The summed E-state index contributed by atoms with van der Waals surface area (Å²) in [6.07, 6.45) is 1.43. The van der Waals surface area contributed by atoms with Crippen LogP contribution in [0.15, 0.2) is 30.5 Å². The Bertz CT molecular complexity index is 570. The van der Waals surface area contributed by atoms with Gasteiger partial charge in [0.2, 0.25) is 0 Å². The Morgan fingerprint density at radius 2 is 2.18 bits per heavy atom. The SMILES string of the molecule is COC(=O)c1cc2cccc(B(O)O)c2cn1. The van der Waals surface area contributed by atoms with E-state index in [0.29, 0.717) is 16.2 Å². The van der Waals surface area contributed by atoms with E-state index in [1.807, 2.05) is 0 Å². The maximum atomic E-state index is 11.3. The Hall–Kier alpha value is -1.92. The molecule has 1 aromatic heterocycles. The number of carbonyl (C=O) groups is 1. The van der Waals surface area contributed by atoms with Crippen molar-refractivity contribution in [3.8, 4) is 0 Å². The summed E-state index contributed by atoms with van der Waals surface area (Å²) >= 11 is 0. The van der Waals surface area contributed by atoms with Crippen LogP contribution < -0.4 is 5.46 Å². The molecule has 6 heteroatoms. The highest BCUT2D eigenvalue weighted by Crippen LogP contribution is 2.12. The lowest BCUT2D eigenvalue weighted by atomic mass is 9.77. The van der Waals surface area contributed by atoms with Crippen molar-refractivity contribution in [2.75, 3.05) is 7.11 Å². The normalized spacial score (nSPS) is 10.3. The highest BCUT2D eigenvalue weighted by atomic mass is 16.5. The van der Waals surface area contributed by atoms with Crippen LogP contribution in [0.3, 0.4) is 0 Å². The molecule has 0 unspecified atom stereocenters. The molecule has 2 N–H and O–H groups in total. The van der Waals surface area contributed by atoms with Crippen molar-refractivity contribution in [1.82, 2.24) is 4.98 Å². The molecule has 2 rings (SSSR count). The largest absolute Gasteiger partial charge is 0.489 e. The van der Waals surface area contributed by atoms with E-state index in [4.69, 9.17) is 0 Å². The maximum Gasteiger partial charge on any atom is 0.489 e. The van der Waals surface area contributed by atoms with Crippen LogP contribution in [0, 0.1) is 0 Å². The zero-order valence-corrected chi connectivity index (χ0v) is 9.12. The zero-order chi connectivity index (χ0) is 12.4. The summed E-state index contributed by atoms with van der Waals surface area (Å²) in [5.74, 6) is -0.526. The van der Waals surface area contributed by atoms with Crippen LogP contribution in [0.25, 0.3) is 10.8 Å². The lowest BCUT2D eigenvalue weighted by Gasteiger charge is -2.06. The van der Waals surface area contributed by atoms with E-state index in [0.717, 1.165) is 0 Å². The average molecular weight is 231 g/mol. The predicted octanol–water partition coefficient (Wildman–Crippen LogP) is -0.299. The van der Waals surface area contributed by atoms with Crippen molar-refractivity contribution in [3.63, 3.8) is 0 Å². The van der Waals surface area contributed by atoms with Crippen molar-refractivity contribution >= 4 is 29.3 Å². The lowest BCUT2D eigenvalue weighted by Crippen LogP contribution is -2.30. The molecular weight excluding hydrogens is 221 g/mol. The van der Waals surface area contributed by atoms with E-state index in [1.165, 1.54) is 13.3 Å². The molecule has 0 amide bonds. The summed E-state index contributed by atoms with van der Waals surface area (Å²) in [6.45, 7) is 0. The van der Waals surface area contributed by atoms with Crippen molar-refractivity contribution in [2.24, 2.45) is 0 Å².